The fourth-order valence-corrected chi connectivity index (χ4v) is 2.21. The molecule has 0 N–H and O–H groups in total. The van der Waals surface area contributed by atoms with E-state index >= 15 is 0 Å². The van der Waals surface area contributed by atoms with Crippen LogP contribution in [0.2, 0.25) is 0 Å². The highest BCUT2D eigenvalue weighted by atomic mass is 127. The second kappa shape index (κ2) is 4.89. The minimum absolute atomic E-state index is 0.510. The van der Waals surface area contributed by atoms with Crippen molar-refractivity contribution in [3.05, 3.63) is 30.3 Å². The highest BCUT2D eigenvalue weighted by molar-refractivity contribution is 14.1. The Kier molecular flexibility index (Phi) is 3.53. The molecule has 3 heteroatoms. The van der Waals surface area contributed by atoms with Crippen LogP contribution < -0.4 is 0 Å². The molecule has 74 valence electrons. The van der Waals surface area contributed by atoms with Crippen LogP contribution in [0.15, 0.2) is 35.3 Å². The molecule has 14 heavy (non-hydrogen) atoms. The van der Waals surface area contributed by atoms with Crippen molar-refractivity contribution < 1.29 is 4.74 Å². The fraction of sp³-hybridized carbons (Fsp3) is 0.364. The van der Waals surface area contributed by atoms with Gasteiger partial charge in [-0.25, -0.2) is 0 Å². The summed E-state index contributed by atoms with van der Waals surface area (Å²) >= 11 is 2.39. The standard InChI is InChI=1S/C11H12INO/c12-6-9-7-14-8-11(9)13-10-4-2-1-3-5-10/h1-5,9H,6-8H2. The molecule has 1 aliphatic heterocycles. The lowest BCUT2D eigenvalue weighted by atomic mass is 10.1. The monoisotopic (exact) mass is 301 g/mol. The summed E-state index contributed by atoms with van der Waals surface area (Å²) in [5.74, 6) is 0.510. The maximum absolute atomic E-state index is 5.40. The van der Waals surface area contributed by atoms with Gasteiger partial charge in [0.05, 0.1) is 24.6 Å². The number of alkyl halides is 1. The first-order chi connectivity index (χ1) is 6.90. The summed E-state index contributed by atoms with van der Waals surface area (Å²) in [5.41, 5.74) is 2.22. The van der Waals surface area contributed by atoms with Gasteiger partial charge in [-0.3, -0.25) is 4.99 Å². The van der Waals surface area contributed by atoms with Crippen LogP contribution in [0.25, 0.3) is 0 Å². The smallest absolute Gasteiger partial charge is 0.0853 e. The molecule has 1 aromatic rings. The second-order valence-electron chi connectivity index (χ2n) is 3.31. The van der Waals surface area contributed by atoms with Gasteiger partial charge in [-0.1, -0.05) is 40.8 Å². The molecule has 1 heterocycles. The van der Waals surface area contributed by atoms with E-state index < -0.39 is 0 Å². The molecule has 2 rings (SSSR count). The van der Waals surface area contributed by atoms with Crippen LogP contribution in [0, 0.1) is 5.92 Å². The number of halogens is 1. The predicted octanol–water partition coefficient (Wildman–Crippen LogP) is 2.84. The van der Waals surface area contributed by atoms with E-state index in [1.165, 1.54) is 5.71 Å². The number of ether oxygens (including phenoxy) is 1. The summed E-state index contributed by atoms with van der Waals surface area (Å²) in [7, 11) is 0. The molecule has 1 unspecified atom stereocenters. The van der Waals surface area contributed by atoms with Gasteiger partial charge in [-0.15, -0.1) is 0 Å². The zero-order valence-electron chi connectivity index (χ0n) is 7.82. The van der Waals surface area contributed by atoms with Crippen LogP contribution in [0.1, 0.15) is 0 Å². The summed E-state index contributed by atoms with van der Waals surface area (Å²) in [6, 6.07) is 10.1. The molecule has 0 aromatic heterocycles. The zero-order chi connectivity index (χ0) is 9.80. The number of rotatable bonds is 2. The summed E-state index contributed by atoms with van der Waals surface area (Å²) in [6.07, 6.45) is 0. The molecule has 1 saturated heterocycles. The Morgan fingerprint density at radius 2 is 2.14 bits per heavy atom. The van der Waals surface area contributed by atoms with Gasteiger partial charge in [0.2, 0.25) is 0 Å². The van der Waals surface area contributed by atoms with Crippen LogP contribution in [0.5, 0.6) is 0 Å². The molecule has 1 aromatic carbocycles. The number of hydrogen-bond acceptors (Lipinski definition) is 2. The van der Waals surface area contributed by atoms with Gasteiger partial charge >= 0.3 is 0 Å². The first-order valence-corrected chi connectivity index (χ1v) is 6.19. The van der Waals surface area contributed by atoms with Gasteiger partial charge in [0.15, 0.2) is 0 Å². The Bertz CT molecular complexity index is 323. The third-order valence-electron chi connectivity index (χ3n) is 2.26. The zero-order valence-corrected chi connectivity index (χ0v) is 9.98. The molecule has 0 amide bonds. The summed E-state index contributed by atoms with van der Waals surface area (Å²) in [4.78, 5) is 4.60. The summed E-state index contributed by atoms with van der Waals surface area (Å²) < 4.78 is 6.48. The largest absolute Gasteiger partial charge is 0.375 e. The normalized spacial score (nSPS) is 24.4. The predicted molar refractivity (Wildman–Crippen MR) is 66.7 cm³/mol. The molecule has 0 aliphatic carbocycles. The lowest BCUT2D eigenvalue weighted by Gasteiger charge is -2.03. The van der Waals surface area contributed by atoms with E-state index in [1.54, 1.807) is 0 Å². The van der Waals surface area contributed by atoms with Gasteiger partial charge in [-0.05, 0) is 12.1 Å². The molecule has 0 saturated carbocycles. The number of hydrogen-bond donors (Lipinski definition) is 0. The van der Waals surface area contributed by atoms with Crippen molar-refractivity contribution >= 4 is 34.0 Å². The van der Waals surface area contributed by atoms with Crippen LogP contribution in [-0.2, 0) is 4.74 Å². The molecule has 1 aliphatic rings. The van der Waals surface area contributed by atoms with E-state index in [-0.39, 0.29) is 0 Å². The molecular weight excluding hydrogens is 289 g/mol. The van der Waals surface area contributed by atoms with E-state index in [0.29, 0.717) is 12.5 Å². The quantitative estimate of drug-likeness (QED) is 0.608. The van der Waals surface area contributed by atoms with Crippen LogP contribution >= 0.6 is 22.6 Å². The van der Waals surface area contributed by atoms with Crippen molar-refractivity contribution in [2.75, 3.05) is 17.6 Å². The van der Waals surface area contributed by atoms with Crippen LogP contribution in [-0.4, -0.2) is 23.4 Å². The molecule has 0 spiro atoms. The lowest BCUT2D eigenvalue weighted by Crippen LogP contribution is -2.12. The average Bonchev–Trinajstić information content (AvgIpc) is 2.67. The van der Waals surface area contributed by atoms with Crippen molar-refractivity contribution in [3.8, 4) is 0 Å². The van der Waals surface area contributed by atoms with Crippen LogP contribution in [0.4, 0.5) is 5.69 Å². The van der Waals surface area contributed by atoms with Crippen LogP contribution in [0.3, 0.4) is 0 Å². The van der Waals surface area contributed by atoms with Crippen molar-refractivity contribution in [1.29, 1.82) is 0 Å². The first-order valence-electron chi connectivity index (χ1n) is 4.66. The van der Waals surface area contributed by atoms with Crippen molar-refractivity contribution in [2.45, 2.75) is 0 Å². The topological polar surface area (TPSA) is 21.6 Å². The van der Waals surface area contributed by atoms with Gasteiger partial charge in [0, 0.05) is 10.3 Å². The number of aliphatic imine (C=N–C) groups is 1. The maximum Gasteiger partial charge on any atom is 0.0853 e. The number of benzene rings is 1. The lowest BCUT2D eigenvalue weighted by molar-refractivity contribution is 0.194. The molecule has 1 fully saturated rings. The number of para-hydroxylation sites is 1. The van der Waals surface area contributed by atoms with Gasteiger partial charge in [0.25, 0.3) is 0 Å². The molecule has 0 radical (unpaired) electrons. The van der Waals surface area contributed by atoms with E-state index in [4.69, 9.17) is 4.74 Å². The minimum atomic E-state index is 0.510. The number of nitrogens with zero attached hydrogens (tertiary/aromatic N) is 1. The summed E-state index contributed by atoms with van der Waals surface area (Å²) in [5, 5.41) is 0. The minimum Gasteiger partial charge on any atom is -0.375 e. The third kappa shape index (κ3) is 2.33. The highest BCUT2D eigenvalue weighted by Gasteiger charge is 2.21. The van der Waals surface area contributed by atoms with Crippen molar-refractivity contribution in [1.82, 2.24) is 0 Å². The fourth-order valence-electron chi connectivity index (χ4n) is 1.45. The Morgan fingerprint density at radius 3 is 2.86 bits per heavy atom. The first kappa shape index (κ1) is 10.1. The molecule has 2 nitrogen and oxygen atoms in total. The second-order valence-corrected chi connectivity index (χ2v) is 4.19. The average molecular weight is 301 g/mol. The van der Waals surface area contributed by atoms with E-state index in [1.807, 2.05) is 30.3 Å². The summed E-state index contributed by atoms with van der Waals surface area (Å²) in [6.45, 7) is 1.52. The Labute approximate surface area is 97.5 Å². The third-order valence-corrected chi connectivity index (χ3v) is 3.32. The van der Waals surface area contributed by atoms with Crippen molar-refractivity contribution in [3.63, 3.8) is 0 Å². The molecule has 0 bridgehead atoms. The molecule has 1 atom stereocenters. The maximum atomic E-state index is 5.40. The van der Waals surface area contributed by atoms with E-state index in [0.717, 1.165) is 16.7 Å². The Balaban J connectivity index is 2.18. The Morgan fingerprint density at radius 1 is 1.36 bits per heavy atom. The van der Waals surface area contributed by atoms with E-state index in [2.05, 4.69) is 27.6 Å². The highest BCUT2D eigenvalue weighted by Crippen LogP contribution is 2.18. The van der Waals surface area contributed by atoms with Gasteiger partial charge in [0.1, 0.15) is 0 Å². The Hall–Kier alpha value is -0.420. The van der Waals surface area contributed by atoms with E-state index in [9.17, 15) is 0 Å². The van der Waals surface area contributed by atoms with Gasteiger partial charge < -0.3 is 4.74 Å². The SMILES string of the molecule is ICC1COCC1=Nc1ccccc1. The van der Waals surface area contributed by atoms with Crippen molar-refractivity contribution in [2.24, 2.45) is 10.9 Å². The molecular formula is C11H12INO. The van der Waals surface area contributed by atoms with Gasteiger partial charge in [-0.2, -0.15) is 0 Å².